The smallest absolute Gasteiger partial charge is 0.543 e. The summed E-state index contributed by atoms with van der Waals surface area (Å²) in [6.07, 6.45) is 2.97. The number of carboxylic acid groups (broad SMARTS) is 1. The number of benzene rings is 1. The van der Waals surface area contributed by atoms with E-state index in [1.165, 1.54) is 52.5 Å². The Hall–Kier alpha value is -4.11. The molecule has 47 heavy (non-hydrogen) atoms. The first-order valence-corrected chi connectivity index (χ1v) is 15.8. The molecule has 2 aromatic heterocycles. The minimum atomic E-state index is -1.56. The number of anilines is 2. The number of carboxylic acids is 1. The van der Waals surface area contributed by atoms with Crippen molar-refractivity contribution in [2.24, 2.45) is 12.8 Å². The number of β-lactam (4-membered cyclic amide) rings is 1. The predicted molar refractivity (Wildman–Crippen MR) is 160 cm³/mol. The molecule has 6 rings (SSSR count). The average molecular weight is 692 g/mol. The van der Waals surface area contributed by atoms with Gasteiger partial charge < -0.3 is 36.5 Å². The van der Waals surface area contributed by atoms with Gasteiger partial charge in [0, 0.05) is 24.6 Å². The van der Waals surface area contributed by atoms with Crippen LogP contribution >= 0.6 is 23.5 Å². The van der Waals surface area contributed by atoms with Crippen molar-refractivity contribution in [1.29, 1.82) is 0 Å². The molecular weight excluding hydrogens is 665 g/mol. The van der Waals surface area contributed by atoms with Crippen LogP contribution in [0.4, 0.5) is 16.4 Å². The number of nitrogens with one attached hydrogen (secondary N) is 2. The number of fused-ring (bicyclic) bond motifs is 1. The number of amides is 4. The second kappa shape index (κ2) is 13.9. The van der Waals surface area contributed by atoms with Crippen molar-refractivity contribution >= 4 is 59.0 Å². The van der Waals surface area contributed by atoms with Gasteiger partial charge >= 0.3 is 35.6 Å². The molecule has 1 saturated heterocycles. The molecule has 18 nitrogen and oxygen atoms in total. The summed E-state index contributed by atoms with van der Waals surface area (Å²) >= 11 is 2.43. The molecule has 1 saturated carbocycles. The summed E-state index contributed by atoms with van der Waals surface area (Å²) in [6.45, 7) is 0. The van der Waals surface area contributed by atoms with Crippen LogP contribution < -0.4 is 55.9 Å². The molecular formula is C26H26N11NaO7S2. The van der Waals surface area contributed by atoms with Gasteiger partial charge in [0.2, 0.25) is 22.9 Å². The van der Waals surface area contributed by atoms with Crippen molar-refractivity contribution in [3.63, 3.8) is 0 Å². The van der Waals surface area contributed by atoms with Gasteiger partial charge in [-0.15, -0.1) is 16.9 Å². The molecule has 4 heterocycles. The van der Waals surface area contributed by atoms with Crippen molar-refractivity contribution in [2.75, 3.05) is 21.7 Å². The van der Waals surface area contributed by atoms with Crippen molar-refractivity contribution in [2.45, 2.75) is 41.5 Å². The molecule has 0 radical (unpaired) electrons. The van der Waals surface area contributed by atoms with Gasteiger partial charge in [-0.1, -0.05) is 23.9 Å². The van der Waals surface area contributed by atoms with Gasteiger partial charge in [0.25, 0.3) is 5.91 Å². The van der Waals surface area contributed by atoms with Gasteiger partial charge in [-0.25, -0.2) is 14.5 Å². The molecule has 21 heteroatoms. The van der Waals surface area contributed by atoms with E-state index in [2.05, 4.69) is 36.1 Å². The van der Waals surface area contributed by atoms with E-state index in [4.69, 9.17) is 5.73 Å². The summed E-state index contributed by atoms with van der Waals surface area (Å²) in [5.41, 5.74) is 5.74. The Balaban J connectivity index is 0.00000433. The summed E-state index contributed by atoms with van der Waals surface area (Å²) in [5.74, 6) is -3.37. The van der Waals surface area contributed by atoms with Crippen LogP contribution in [-0.2, 0) is 21.4 Å². The summed E-state index contributed by atoms with van der Waals surface area (Å²) < 4.78 is 1.42. The van der Waals surface area contributed by atoms with Crippen LogP contribution in [0.5, 0.6) is 11.6 Å². The van der Waals surface area contributed by atoms with Gasteiger partial charge in [0.15, 0.2) is 0 Å². The third-order valence-corrected chi connectivity index (χ3v) is 9.80. The molecule has 2 fully saturated rings. The van der Waals surface area contributed by atoms with Crippen LogP contribution in [0, 0.1) is 0 Å². The minimum absolute atomic E-state index is 0. The maximum Gasteiger partial charge on any atom is 1.00 e. The predicted octanol–water partition coefficient (Wildman–Crippen LogP) is -4.19. The van der Waals surface area contributed by atoms with E-state index in [0.29, 0.717) is 10.7 Å². The molecule has 6 N–H and O–H groups in total. The Morgan fingerprint density at radius 2 is 1.96 bits per heavy atom. The largest absolute Gasteiger partial charge is 1.00 e. The number of primary amides is 1. The second-order valence-corrected chi connectivity index (χ2v) is 12.6. The number of aromatic hydroxyl groups is 2. The number of rotatable bonds is 11. The van der Waals surface area contributed by atoms with Crippen molar-refractivity contribution in [1.82, 2.24) is 40.4 Å². The van der Waals surface area contributed by atoms with Gasteiger partial charge in [0.05, 0.1) is 17.9 Å². The Bertz CT molecular complexity index is 1750. The number of thioether (sulfide) groups is 2. The van der Waals surface area contributed by atoms with Crippen LogP contribution in [-0.4, -0.2) is 98.1 Å². The molecule has 0 bridgehead atoms. The number of hydrogen-bond acceptors (Lipinski definition) is 15. The van der Waals surface area contributed by atoms with E-state index < -0.39 is 47.2 Å². The van der Waals surface area contributed by atoms with E-state index in [9.17, 15) is 34.5 Å². The zero-order valence-electron chi connectivity index (χ0n) is 24.9. The maximum atomic E-state index is 13.9. The van der Waals surface area contributed by atoms with Gasteiger partial charge in [-0.05, 0) is 46.5 Å². The third kappa shape index (κ3) is 6.96. The Labute approximate surface area is 296 Å². The van der Waals surface area contributed by atoms with E-state index in [-0.39, 0.29) is 75.8 Å². The first-order chi connectivity index (χ1) is 22.0. The number of phenols is 1. The topological polar surface area (TPSA) is 258 Å². The third-order valence-electron chi connectivity index (χ3n) is 7.37. The summed E-state index contributed by atoms with van der Waals surface area (Å²) in [6, 6.07) is 1.60. The molecule has 4 amide bonds. The van der Waals surface area contributed by atoms with Gasteiger partial charge in [-0.2, -0.15) is 4.98 Å². The number of carbonyl (C=O) groups excluding carboxylic acids is 4. The first kappa shape index (κ1) is 34.2. The number of phenolic OH excluding ortho intramolecular Hbond substituents is 1. The molecule has 1 aromatic carbocycles. The average Bonchev–Trinajstić information content (AvgIpc) is 3.74. The monoisotopic (exact) mass is 691 g/mol. The quantitative estimate of drug-likeness (QED) is 0.0726. The molecule has 0 spiro atoms. The number of aromatic nitrogens is 6. The maximum absolute atomic E-state index is 13.9. The molecule has 1 aliphatic carbocycles. The number of nitrogens with two attached hydrogens (primary N) is 1. The Morgan fingerprint density at radius 3 is 2.55 bits per heavy atom. The SMILES string of the molecule is Cn1nnnc1SCC1=C(C(=O)[O-])N2C(=O)C(NC(=O)C(c3ccc(O)cc3)N(C(N)=O)c3cnc(NC4CC4)nc3O)[C@@H]2SC1.[Na+]. The van der Waals surface area contributed by atoms with Crippen molar-refractivity contribution < 1.29 is 64.1 Å². The van der Waals surface area contributed by atoms with Crippen LogP contribution in [0.3, 0.4) is 0 Å². The molecule has 240 valence electrons. The number of aryl methyl sites for hydroxylation is 1. The van der Waals surface area contributed by atoms with E-state index >= 15 is 0 Å². The Morgan fingerprint density at radius 1 is 1.23 bits per heavy atom. The number of urea groups is 1. The summed E-state index contributed by atoms with van der Waals surface area (Å²) in [7, 11) is 1.63. The van der Waals surface area contributed by atoms with Gasteiger partial charge in [0.1, 0.15) is 28.9 Å². The molecule has 3 aliphatic rings. The molecule has 3 atom stereocenters. The van der Waals surface area contributed by atoms with E-state index in [0.717, 1.165) is 28.8 Å². The number of nitrogens with zero attached hydrogens (tertiary/aromatic N) is 8. The van der Waals surface area contributed by atoms with Gasteiger partial charge in [-0.3, -0.25) is 19.4 Å². The van der Waals surface area contributed by atoms with Crippen LogP contribution in [0.2, 0.25) is 0 Å². The molecule has 2 unspecified atom stereocenters. The van der Waals surface area contributed by atoms with Crippen LogP contribution in [0.1, 0.15) is 24.4 Å². The fourth-order valence-electron chi connectivity index (χ4n) is 4.99. The molecule has 3 aromatic rings. The summed E-state index contributed by atoms with van der Waals surface area (Å²) in [5, 5.41) is 49.2. The van der Waals surface area contributed by atoms with Crippen molar-refractivity contribution in [3.05, 3.63) is 47.3 Å². The number of tetrazole rings is 1. The standard InChI is InChI=1S/C26H27N11O7S2.Na/c1-35-26(32-33-34-35)46-10-12-9-45-22-16(21(41)37(22)18(12)23(42)43)30-20(40)17(11-2-6-14(38)7-3-11)36(24(27)44)15-8-28-25(31-19(15)39)29-13-4-5-13;/h2-3,6-8,13,16-17,22,38H,4-5,9-10H2,1H3,(H2,27,44)(H,30,40)(H,42,43)(H2,28,29,31,39);/q;+1/p-1/t16?,17?,22-;/m0./s1. The molecule has 2 aliphatic heterocycles. The zero-order chi connectivity index (χ0) is 32.7. The number of carbonyl (C=O) groups is 4. The summed E-state index contributed by atoms with van der Waals surface area (Å²) in [4.78, 5) is 62.3. The number of hydrogen-bond donors (Lipinski definition) is 5. The first-order valence-electron chi connectivity index (χ1n) is 13.8. The zero-order valence-corrected chi connectivity index (χ0v) is 28.6. The van der Waals surface area contributed by atoms with Crippen LogP contribution in [0.25, 0.3) is 0 Å². The normalized spacial score (nSPS) is 19.2. The fraction of sp³-hybridized carbons (Fsp3) is 0.346. The fourth-order valence-corrected chi connectivity index (χ4v) is 7.32. The Kier molecular flexibility index (Phi) is 10.2. The van der Waals surface area contributed by atoms with E-state index in [1.54, 1.807) is 7.05 Å². The van der Waals surface area contributed by atoms with E-state index in [1.807, 2.05) is 0 Å². The van der Waals surface area contributed by atoms with Crippen molar-refractivity contribution in [3.8, 4) is 11.6 Å². The second-order valence-electron chi connectivity index (χ2n) is 10.5. The van der Waals surface area contributed by atoms with Crippen LogP contribution in [0.15, 0.2) is 46.9 Å². The minimum Gasteiger partial charge on any atom is -0.543 e. The number of aliphatic carboxylic acids is 1.